The molecule has 1 aromatic carbocycles. The minimum atomic E-state index is -0.229. The van der Waals surface area contributed by atoms with Gasteiger partial charge in [-0.15, -0.1) is 0 Å². The first-order valence-electron chi connectivity index (χ1n) is 6.33. The molecule has 0 fully saturated rings. The van der Waals surface area contributed by atoms with Crippen molar-refractivity contribution in [1.29, 1.82) is 0 Å². The van der Waals surface area contributed by atoms with Gasteiger partial charge >= 0.3 is 5.97 Å². The van der Waals surface area contributed by atoms with Crippen molar-refractivity contribution in [2.24, 2.45) is 0 Å². The zero-order valence-corrected chi connectivity index (χ0v) is 11.3. The molecule has 0 aromatic heterocycles. The van der Waals surface area contributed by atoms with Crippen LogP contribution in [0.5, 0.6) is 0 Å². The van der Waals surface area contributed by atoms with Gasteiger partial charge in [0.1, 0.15) is 6.04 Å². The zero-order valence-electron chi connectivity index (χ0n) is 11.3. The molecule has 0 aliphatic rings. The number of carbonyl (C=O) groups excluding carboxylic acids is 1. The normalized spacial score (nSPS) is 12.4. The van der Waals surface area contributed by atoms with E-state index < -0.39 is 0 Å². The van der Waals surface area contributed by atoms with E-state index in [0.717, 1.165) is 24.3 Å². The fourth-order valence-electron chi connectivity index (χ4n) is 1.79. The van der Waals surface area contributed by atoms with Crippen molar-refractivity contribution >= 4 is 11.7 Å². The lowest BCUT2D eigenvalue weighted by molar-refractivity contribution is -0.149. The molecule has 1 rings (SSSR count). The molecule has 1 unspecified atom stereocenters. The second-order valence-corrected chi connectivity index (χ2v) is 4.23. The Hall–Kier alpha value is -1.55. The fourth-order valence-corrected chi connectivity index (χ4v) is 1.79. The highest BCUT2D eigenvalue weighted by Gasteiger charge is 2.21. The van der Waals surface area contributed by atoms with Gasteiger partial charge in [0.25, 0.3) is 0 Å². The molecule has 1 atom stereocenters. The molecule has 100 valence electrons. The highest BCUT2D eigenvalue weighted by molar-refractivity contribution is 5.75. The number of rotatable bonds is 6. The molecule has 0 heterocycles. The molecule has 0 aliphatic heterocycles. The highest BCUT2D eigenvalue weighted by Crippen LogP contribution is 2.11. The molecule has 0 spiro atoms. The number of nitrogen functional groups attached to an aromatic ring is 1. The van der Waals surface area contributed by atoms with Gasteiger partial charge in [-0.1, -0.05) is 19.1 Å². The Morgan fingerprint density at radius 3 is 2.44 bits per heavy atom. The molecule has 0 amide bonds. The Balaban J connectivity index is 2.66. The predicted molar refractivity (Wildman–Crippen MR) is 73.0 cm³/mol. The minimum absolute atomic E-state index is 0.171. The van der Waals surface area contributed by atoms with E-state index >= 15 is 0 Å². The molecule has 4 heteroatoms. The van der Waals surface area contributed by atoms with Crippen molar-refractivity contribution in [2.45, 2.75) is 33.4 Å². The molecular formula is C14H22N2O2. The summed E-state index contributed by atoms with van der Waals surface area (Å²) in [7, 11) is 0. The number of ether oxygens (including phenoxy) is 1. The van der Waals surface area contributed by atoms with E-state index in [1.807, 2.05) is 45.0 Å². The number of carbonyl (C=O) groups is 1. The van der Waals surface area contributed by atoms with Gasteiger partial charge in [-0.05, 0) is 38.1 Å². The lowest BCUT2D eigenvalue weighted by Crippen LogP contribution is -2.39. The summed E-state index contributed by atoms with van der Waals surface area (Å²) in [5.74, 6) is -0.171. The summed E-state index contributed by atoms with van der Waals surface area (Å²) in [6.07, 6.45) is 0. The van der Waals surface area contributed by atoms with Crippen molar-refractivity contribution in [3.05, 3.63) is 29.8 Å². The minimum Gasteiger partial charge on any atom is -0.465 e. The van der Waals surface area contributed by atoms with E-state index in [1.54, 1.807) is 0 Å². The van der Waals surface area contributed by atoms with E-state index in [4.69, 9.17) is 10.5 Å². The molecule has 0 bridgehead atoms. The Bertz CT molecular complexity index is 376. The van der Waals surface area contributed by atoms with Gasteiger partial charge < -0.3 is 10.5 Å². The average molecular weight is 250 g/mol. The van der Waals surface area contributed by atoms with Gasteiger partial charge in [0.2, 0.25) is 0 Å². The number of nitrogens with zero attached hydrogens (tertiary/aromatic N) is 1. The summed E-state index contributed by atoms with van der Waals surface area (Å²) in [6.45, 7) is 7.66. The van der Waals surface area contributed by atoms with E-state index in [0.29, 0.717) is 6.61 Å². The van der Waals surface area contributed by atoms with Gasteiger partial charge in [-0.3, -0.25) is 9.69 Å². The smallest absolute Gasteiger partial charge is 0.323 e. The third-order valence-corrected chi connectivity index (χ3v) is 2.95. The number of nitrogens with two attached hydrogens (primary N) is 1. The number of likely N-dealkylation sites (N-methyl/N-ethyl adjacent to an activating group) is 1. The molecule has 0 saturated heterocycles. The highest BCUT2D eigenvalue weighted by atomic mass is 16.5. The van der Waals surface area contributed by atoms with Crippen LogP contribution in [-0.4, -0.2) is 30.1 Å². The molecule has 1 aromatic rings. The first-order valence-corrected chi connectivity index (χ1v) is 6.33. The Morgan fingerprint density at radius 1 is 1.33 bits per heavy atom. The van der Waals surface area contributed by atoms with Crippen LogP contribution in [0.4, 0.5) is 5.69 Å². The van der Waals surface area contributed by atoms with Gasteiger partial charge in [0, 0.05) is 12.2 Å². The van der Waals surface area contributed by atoms with Crippen LogP contribution in [0.1, 0.15) is 26.3 Å². The van der Waals surface area contributed by atoms with Crippen LogP contribution in [0, 0.1) is 0 Å². The van der Waals surface area contributed by atoms with Crippen LogP contribution in [0.3, 0.4) is 0 Å². The summed E-state index contributed by atoms with van der Waals surface area (Å²) in [6, 6.07) is 7.48. The summed E-state index contributed by atoms with van der Waals surface area (Å²) in [4.78, 5) is 13.8. The van der Waals surface area contributed by atoms with Crippen molar-refractivity contribution < 1.29 is 9.53 Å². The van der Waals surface area contributed by atoms with E-state index in [2.05, 4.69) is 4.90 Å². The number of anilines is 1. The maximum atomic E-state index is 11.7. The first-order chi connectivity index (χ1) is 8.58. The van der Waals surface area contributed by atoms with Crippen molar-refractivity contribution in [3.63, 3.8) is 0 Å². The lowest BCUT2D eigenvalue weighted by Gasteiger charge is -2.26. The van der Waals surface area contributed by atoms with Crippen molar-refractivity contribution in [1.82, 2.24) is 4.90 Å². The van der Waals surface area contributed by atoms with Crippen LogP contribution >= 0.6 is 0 Å². The van der Waals surface area contributed by atoms with E-state index in [1.165, 1.54) is 0 Å². The molecule has 0 saturated carbocycles. The number of esters is 1. The number of hydrogen-bond donors (Lipinski definition) is 1. The fraction of sp³-hybridized carbons (Fsp3) is 0.500. The Labute approximate surface area is 109 Å². The standard InChI is InChI=1S/C14H22N2O2/c1-4-16(11(3)14(17)18-5-2)10-12-6-8-13(15)9-7-12/h6-9,11H,4-5,10,15H2,1-3H3. The number of benzene rings is 1. The molecule has 0 radical (unpaired) electrons. The Kier molecular flexibility index (Phi) is 5.65. The molecule has 2 N–H and O–H groups in total. The Morgan fingerprint density at radius 2 is 1.94 bits per heavy atom. The van der Waals surface area contributed by atoms with Gasteiger partial charge in [-0.25, -0.2) is 0 Å². The molecule has 18 heavy (non-hydrogen) atoms. The summed E-state index contributed by atoms with van der Waals surface area (Å²) in [5, 5.41) is 0. The third kappa shape index (κ3) is 4.04. The monoisotopic (exact) mass is 250 g/mol. The topological polar surface area (TPSA) is 55.6 Å². The second-order valence-electron chi connectivity index (χ2n) is 4.23. The maximum Gasteiger partial charge on any atom is 0.323 e. The quantitative estimate of drug-likeness (QED) is 0.620. The first kappa shape index (κ1) is 14.5. The summed E-state index contributed by atoms with van der Waals surface area (Å²) >= 11 is 0. The van der Waals surface area contributed by atoms with E-state index in [-0.39, 0.29) is 12.0 Å². The molecule has 0 aliphatic carbocycles. The molecule has 4 nitrogen and oxygen atoms in total. The van der Waals surface area contributed by atoms with Crippen molar-refractivity contribution in [2.75, 3.05) is 18.9 Å². The SMILES string of the molecule is CCOC(=O)C(C)N(CC)Cc1ccc(N)cc1. The maximum absolute atomic E-state index is 11.7. The average Bonchev–Trinajstić information content (AvgIpc) is 2.37. The summed E-state index contributed by atoms with van der Waals surface area (Å²) in [5.41, 5.74) is 7.54. The zero-order chi connectivity index (χ0) is 13.5. The van der Waals surface area contributed by atoms with Crippen LogP contribution in [-0.2, 0) is 16.1 Å². The van der Waals surface area contributed by atoms with Crippen molar-refractivity contribution in [3.8, 4) is 0 Å². The van der Waals surface area contributed by atoms with Gasteiger partial charge in [0.15, 0.2) is 0 Å². The van der Waals surface area contributed by atoms with Crippen LogP contribution in [0.2, 0.25) is 0 Å². The van der Waals surface area contributed by atoms with Crippen LogP contribution < -0.4 is 5.73 Å². The number of hydrogen-bond acceptors (Lipinski definition) is 4. The lowest BCUT2D eigenvalue weighted by atomic mass is 10.1. The third-order valence-electron chi connectivity index (χ3n) is 2.95. The van der Waals surface area contributed by atoms with Gasteiger partial charge in [0.05, 0.1) is 6.61 Å². The molecular weight excluding hydrogens is 228 g/mol. The van der Waals surface area contributed by atoms with Crippen LogP contribution in [0.25, 0.3) is 0 Å². The largest absolute Gasteiger partial charge is 0.465 e. The predicted octanol–water partition coefficient (Wildman–Crippen LogP) is 2.04. The van der Waals surface area contributed by atoms with Gasteiger partial charge in [-0.2, -0.15) is 0 Å². The van der Waals surface area contributed by atoms with Crippen LogP contribution in [0.15, 0.2) is 24.3 Å². The summed E-state index contributed by atoms with van der Waals surface area (Å²) < 4.78 is 5.04. The second kappa shape index (κ2) is 7.01. The van der Waals surface area contributed by atoms with E-state index in [9.17, 15) is 4.79 Å².